The van der Waals surface area contributed by atoms with Gasteiger partial charge in [0.2, 0.25) is 5.95 Å². The van der Waals surface area contributed by atoms with Crippen LogP contribution in [-0.2, 0) is 20.1 Å². The standard InChI is InChI=1S/C15H19N5/c1-4-20-14-8-6-5-7-13(14)17-15(20)16-10-12-9-11(2)18-19(12)3/h5-9H,4,10H2,1-3H3,(H,16,17). The Bertz CT molecular complexity index is 738. The lowest BCUT2D eigenvalue weighted by Crippen LogP contribution is -2.09. The first-order valence-electron chi connectivity index (χ1n) is 6.87. The molecule has 3 aromatic rings. The van der Waals surface area contributed by atoms with Crippen LogP contribution in [0.3, 0.4) is 0 Å². The van der Waals surface area contributed by atoms with Gasteiger partial charge in [0.05, 0.1) is 29.0 Å². The first-order valence-corrected chi connectivity index (χ1v) is 6.87. The summed E-state index contributed by atoms with van der Waals surface area (Å²) in [7, 11) is 1.97. The summed E-state index contributed by atoms with van der Waals surface area (Å²) in [5.41, 5.74) is 4.38. The van der Waals surface area contributed by atoms with Crippen molar-refractivity contribution in [2.75, 3.05) is 5.32 Å². The molecule has 5 heteroatoms. The Morgan fingerprint density at radius 3 is 2.75 bits per heavy atom. The Hall–Kier alpha value is -2.30. The third-order valence-corrected chi connectivity index (χ3v) is 3.50. The summed E-state index contributed by atoms with van der Waals surface area (Å²) in [4.78, 5) is 4.66. The predicted molar refractivity (Wildman–Crippen MR) is 80.7 cm³/mol. The molecule has 0 aliphatic carbocycles. The number of fused-ring (bicyclic) bond motifs is 1. The average Bonchev–Trinajstić information content (AvgIpc) is 2.95. The monoisotopic (exact) mass is 269 g/mol. The number of hydrogen-bond acceptors (Lipinski definition) is 3. The SMILES string of the molecule is CCn1c(NCc2cc(C)nn2C)nc2ccccc21. The topological polar surface area (TPSA) is 47.7 Å². The summed E-state index contributed by atoms with van der Waals surface area (Å²) in [6.07, 6.45) is 0. The molecule has 104 valence electrons. The molecule has 2 heterocycles. The molecule has 0 amide bonds. The van der Waals surface area contributed by atoms with Crippen LogP contribution in [0.15, 0.2) is 30.3 Å². The van der Waals surface area contributed by atoms with Gasteiger partial charge in [0.25, 0.3) is 0 Å². The summed E-state index contributed by atoms with van der Waals surface area (Å²) in [6.45, 7) is 5.76. The van der Waals surface area contributed by atoms with Crippen molar-refractivity contribution in [3.05, 3.63) is 41.7 Å². The van der Waals surface area contributed by atoms with Crippen molar-refractivity contribution in [2.45, 2.75) is 26.9 Å². The Balaban J connectivity index is 1.89. The lowest BCUT2D eigenvalue weighted by molar-refractivity contribution is 0.708. The molecular formula is C15H19N5. The second-order valence-electron chi connectivity index (χ2n) is 4.92. The lowest BCUT2D eigenvalue weighted by atomic mass is 10.3. The second-order valence-corrected chi connectivity index (χ2v) is 4.92. The molecule has 1 N–H and O–H groups in total. The van der Waals surface area contributed by atoms with Gasteiger partial charge < -0.3 is 9.88 Å². The molecule has 0 fully saturated rings. The van der Waals surface area contributed by atoms with Crippen LogP contribution in [-0.4, -0.2) is 19.3 Å². The number of aromatic nitrogens is 4. The zero-order valence-electron chi connectivity index (χ0n) is 12.1. The Kier molecular flexibility index (Phi) is 3.18. The fraction of sp³-hybridized carbons (Fsp3) is 0.333. The fourth-order valence-electron chi connectivity index (χ4n) is 2.53. The molecule has 0 spiro atoms. The number of para-hydroxylation sites is 2. The summed E-state index contributed by atoms with van der Waals surface area (Å²) in [5, 5.41) is 7.77. The van der Waals surface area contributed by atoms with Crippen molar-refractivity contribution in [1.82, 2.24) is 19.3 Å². The van der Waals surface area contributed by atoms with Gasteiger partial charge >= 0.3 is 0 Å². The van der Waals surface area contributed by atoms with E-state index < -0.39 is 0 Å². The van der Waals surface area contributed by atoms with Crippen LogP contribution in [0.5, 0.6) is 0 Å². The molecule has 0 aliphatic rings. The van der Waals surface area contributed by atoms with Crippen LogP contribution < -0.4 is 5.32 Å². The smallest absolute Gasteiger partial charge is 0.204 e. The Labute approximate surface area is 118 Å². The van der Waals surface area contributed by atoms with Crippen molar-refractivity contribution in [2.24, 2.45) is 7.05 Å². The third-order valence-electron chi connectivity index (χ3n) is 3.50. The number of benzene rings is 1. The van der Waals surface area contributed by atoms with Crippen molar-refractivity contribution >= 4 is 17.0 Å². The molecule has 0 atom stereocenters. The van der Waals surface area contributed by atoms with Gasteiger partial charge in [0.15, 0.2) is 0 Å². The van der Waals surface area contributed by atoms with E-state index >= 15 is 0 Å². The van der Waals surface area contributed by atoms with Gasteiger partial charge in [-0.2, -0.15) is 5.10 Å². The largest absolute Gasteiger partial charge is 0.350 e. The third kappa shape index (κ3) is 2.15. The quantitative estimate of drug-likeness (QED) is 0.792. The molecule has 3 rings (SSSR count). The fourth-order valence-corrected chi connectivity index (χ4v) is 2.53. The minimum absolute atomic E-state index is 0.723. The maximum absolute atomic E-state index is 4.66. The van der Waals surface area contributed by atoms with E-state index in [4.69, 9.17) is 0 Å². The van der Waals surface area contributed by atoms with E-state index in [1.165, 1.54) is 5.52 Å². The van der Waals surface area contributed by atoms with E-state index in [1.807, 2.05) is 36.9 Å². The number of rotatable bonds is 4. The van der Waals surface area contributed by atoms with Gasteiger partial charge in [-0.3, -0.25) is 4.68 Å². The van der Waals surface area contributed by atoms with Crippen LogP contribution in [0, 0.1) is 6.92 Å². The molecule has 0 unspecified atom stereocenters. The van der Waals surface area contributed by atoms with Crippen LogP contribution in [0.25, 0.3) is 11.0 Å². The lowest BCUT2D eigenvalue weighted by Gasteiger charge is -2.08. The van der Waals surface area contributed by atoms with Gasteiger partial charge in [0.1, 0.15) is 0 Å². The molecule has 1 aromatic carbocycles. The molecule has 0 saturated carbocycles. The van der Waals surface area contributed by atoms with Crippen LogP contribution in [0.1, 0.15) is 18.3 Å². The molecular weight excluding hydrogens is 250 g/mol. The highest BCUT2D eigenvalue weighted by molar-refractivity contribution is 5.78. The Morgan fingerprint density at radius 1 is 1.25 bits per heavy atom. The van der Waals surface area contributed by atoms with Gasteiger partial charge in [-0.1, -0.05) is 12.1 Å². The number of nitrogens with one attached hydrogen (secondary N) is 1. The number of anilines is 1. The van der Waals surface area contributed by atoms with Crippen LogP contribution in [0.4, 0.5) is 5.95 Å². The van der Waals surface area contributed by atoms with Crippen molar-refractivity contribution in [3.8, 4) is 0 Å². The molecule has 2 aromatic heterocycles. The zero-order chi connectivity index (χ0) is 14.1. The van der Waals surface area contributed by atoms with Crippen molar-refractivity contribution in [3.63, 3.8) is 0 Å². The maximum Gasteiger partial charge on any atom is 0.204 e. The highest BCUT2D eigenvalue weighted by atomic mass is 15.3. The number of nitrogens with zero attached hydrogens (tertiary/aromatic N) is 4. The molecule has 0 aliphatic heterocycles. The summed E-state index contributed by atoms with van der Waals surface area (Å²) >= 11 is 0. The predicted octanol–water partition coefficient (Wildman–Crippen LogP) is 2.71. The molecule has 0 bridgehead atoms. The van der Waals surface area contributed by atoms with E-state index in [0.29, 0.717) is 0 Å². The maximum atomic E-state index is 4.66. The van der Waals surface area contributed by atoms with Gasteiger partial charge in [-0.25, -0.2) is 4.98 Å². The van der Waals surface area contributed by atoms with Crippen LogP contribution >= 0.6 is 0 Å². The first kappa shape index (κ1) is 12.7. The summed E-state index contributed by atoms with van der Waals surface area (Å²) < 4.78 is 4.10. The number of hydrogen-bond donors (Lipinski definition) is 1. The van der Waals surface area contributed by atoms with Crippen LogP contribution in [0.2, 0.25) is 0 Å². The normalized spacial score (nSPS) is 11.2. The molecule has 0 radical (unpaired) electrons. The highest BCUT2D eigenvalue weighted by Gasteiger charge is 2.09. The number of imidazole rings is 1. The van der Waals surface area contributed by atoms with Crippen molar-refractivity contribution in [1.29, 1.82) is 0 Å². The van der Waals surface area contributed by atoms with E-state index in [0.717, 1.165) is 35.9 Å². The second kappa shape index (κ2) is 5.00. The summed E-state index contributed by atoms with van der Waals surface area (Å²) in [6, 6.07) is 10.3. The number of aryl methyl sites for hydroxylation is 3. The van der Waals surface area contributed by atoms with Gasteiger partial charge in [-0.15, -0.1) is 0 Å². The minimum Gasteiger partial charge on any atom is -0.350 e. The molecule has 20 heavy (non-hydrogen) atoms. The molecule has 0 saturated heterocycles. The Morgan fingerprint density at radius 2 is 2.05 bits per heavy atom. The minimum atomic E-state index is 0.723. The first-order chi connectivity index (χ1) is 9.69. The van der Waals surface area contributed by atoms with Gasteiger partial charge in [-0.05, 0) is 32.0 Å². The summed E-state index contributed by atoms with van der Waals surface area (Å²) in [5.74, 6) is 0.910. The van der Waals surface area contributed by atoms with Crippen molar-refractivity contribution < 1.29 is 0 Å². The van der Waals surface area contributed by atoms with E-state index in [2.05, 4.69) is 39.0 Å². The highest BCUT2D eigenvalue weighted by Crippen LogP contribution is 2.19. The molecule has 5 nitrogen and oxygen atoms in total. The average molecular weight is 269 g/mol. The zero-order valence-corrected chi connectivity index (χ0v) is 12.1. The van der Waals surface area contributed by atoms with Gasteiger partial charge in [0, 0.05) is 13.6 Å². The van der Waals surface area contributed by atoms with E-state index in [1.54, 1.807) is 0 Å². The van der Waals surface area contributed by atoms with E-state index in [9.17, 15) is 0 Å². The van der Waals surface area contributed by atoms with E-state index in [-0.39, 0.29) is 0 Å².